The summed E-state index contributed by atoms with van der Waals surface area (Å²) < 4.78 is 0.989. The van der Waals surface area contributed by atoms with Crippen LogP contribution in [0.1, 0.15) is 13.8 Å². The molecule has 0 bridgehead atoms. The first kappa shape index (κ1) is 8.81. The quantitative estimate of drug-likeness (QED) is 0.564. The fourth-order valence-electron chi connectivity index (χ4n) is 0.401. The second-order valence-corrected chi connectivity index (χ2v) is 3.14. The highest BCUT2D eigenvalue weighted by atomic mass is 127. The number of hydrogen-bond donors (Lipinski definition) is 1. The number of allylic oxidation sites excluding steroid dienone is 2. The van der Waals surface area contributed by atoms with Crippen LogP contribution in [0.5, 0.6) is 0 Å². The predicted molar refractivity (Wildman–Crippen MR) is 49.7 cm³/mol. The lowest BCUT2D eigenvalue weighted by Gasteiger charge is -1.87. The second kappa shape index (κ2) is 4.67. The summed E-state index contributed by atoms with van der Waals surface area (Å²) in [5, 5.41) is 6.70. The average Bonchev–Trinajstić information content (AvgIpc) is 1.63. The smallest absolute Gasteiger partial charge is 0.0756 e. The lowest BCUT2D eigenvalue weighted by atomic mass is 10.5. The van der Waals surface area contributed by atoms with Crippen molar-refractivity contribution < 1.29 is 0 Å². The molecule has 0 fully saturated rings. The van der Waals surface area contributed by atoms with E-state index >= 15 is 0 Å². The number of halogens is 1. The van der Waals surface area contributed by atoms with Gasteiger partial charge in [0.2, 0.25) is 0 Å². The molecule has 0 spiro atoms. The van der Waals surface area contributed by atoms with Gasteiger partial charge in [-0.1, -0.05) is 0 Å². The first-order chi connectivity index (χ1) is 4.16. The molecule has 0 heterocycles. The molecule has 0 saturated heterocycles. The van der Waals surface area contributed by atoms with Gasteiger partial charge in [-0.3, -0.25) is 4.99 Å². The van der Waals surface area contributed by atoms with Crippen LogP contribution in [-0.4, -0.2) is 9.93 Å². The summed E-state index contributed by atoms with van der Waals surface area (Å²) in [6.07, 6.45) is 2.89. The minimum atomic E-state index is 0.872. The molecule has 0 aromatic carbocycles. The molecule has 0 radical (unpaired) electrons. The Morgan fingerprint density at radius 3 is 2.44 bits per heavy atom. The normalized spacial score (nSPS) is 13.7. The summed E-state index contributed by atoms with van der Waals surface area (Å²) in [6.45, 7) is 3.79. The Hall–Kier alpha value is -0.190. The van der Waals surface area contributed by atoms with Crippen molar-refractivity contribution in [3.05, 3.63) is 11.8 Å². The zero-order valence-corrected chi connectivity index (χ0v) is 7.64. The number of nitrogens with one attached hydrogen (secondary N) is 1. The van der Waals surface area contributed by atoms with Gasteiger partial charge in [-0.25, -0.2) is 0 Å². The number of nitrogens with zero attached hydrogens (tertiary/aromatic N) is 1. The second-order valence-electron chi connectivity index (χ2n) is 1.58. The van der Waals surface area contributed by atoms with Crippen molar-refractivity contribution in [3.63, 3.8) is 0 Å². The van der Waals surface area contributed by atoms with Gasteiger partial charge < -0.3 is 5.41 Å². The van der Waals surface area contributed by atoms with Gasteiger partial charge in [-0.15, -0.1) is 0 Å². The highest BCUT2D eigenvalue weighted by molar-refractivity contribution is 14.1. The van der Waals surface area contributed by atoms with Gasteiger partial charge in [0.25, 0.3) is 0 Å². The summed E-state index contributed by atoms with van der Waals surface area (Å²) in [7, 11) is 0. The van der Waals surface area contributed by atoms with E-state index < -0.39 is 0 Å². The molecular weight excluding hydrogens is 227 g/mol. The van der Waals surface area contributed by atoms with Gasteiger partial charge >= 0.3 is 0 Å². The topological polar surface area (TPSA) is 36.2 Å². The van der Waals surface area contributed by atoms with Crippen LogP contribution in [0, 0.1) is 5.41 Å². The first-order valence-corrected chi connectivity index (χ1v) is 3.63. The summed E-state index contributed by atoms with van der Waals surface area (Å²) in [4.78, 5) is 4.08. The van der Waals surface area contributed by atoms with Crippen LogP contribution in [0.4, 0.5) is 0 Å². The Morgan fingerprint density at radius 1 is 1.56 bits per heavy atom. The molecule has 9 heavy (non-hydrogen) atoms. The highest BCUT2D eigenvalue weighted by Gasteiger charge is 1.81. The van der Waals surface area contributed by atoms with Crippen LogP contribution >= 0.6 is 22.6 Å². The predicted octanol–water partition coefficient (Wildman–Crippen LogP) is 2.39. The minimum Gasteiger partial charge on any atom is -0.309 e. The molecule has 1 N–H and O–H groups in total. The zero-order chi connectivity index (χ0) is 7.28. The van der Waals surface area contributed by atoms with Crippen molar-refractivity contribution in [1.82, 2.24) is 0 Å². The van der Waals surface area contributed by atoms with Crippen LogP contribution in [0.25, 0.3) is 0 Å². The minimum absolute atomic E-state index is 0.872. The third-order valence-corrected chi connectivity index (χ3v) is 0.896. The Labute approximate surface area is 68.7 Å². The maximum atomic E-state index is 6.70. The lowest BCUT2D eigenvalue weighted by molar-refractivity contribution is 1.32. The van der Waals surface area contributed by atoms with Gasteiger partial charge in [-0.2, -0.15) is 0 Å². The highest BCUT2D eigenvalue weighted by Crippen LogP contribution is 1.97. The molecule has 0 rings (SSSR count). The van der Waals surface area contributed by atoms with Crippen molar-refractivity contribution >= 4 is 32.5 Å². The van der Waals surface area contributed by atoms with Gasteiger partial charge in [0, 0.05) is 11.9 Å². The van der Waals surface area contributed by atoms with Crippen LogP contribution in [-0.2, 0) is 0 Å². The standard InChI is InChI=1S/C6H9IN2/c1-5(3-4-8)9-6(2)7/h3-4,8H,1-2H3/b5-3-,8-4?,9-6?. The molecule has 0 amide bonds. The van der Waals surface area contributed by atoms with E-state index in [9.17, 15) is 0 Å². The third kappa shape index (κ3) is 5.68. The van der Waals surface area contributed by atoms with E-state index in [4.69, 9.17) is 5.41 Å². The van der Waals surface area contributed by atoms with E-state index in [0.717, 1.165) is 9.42 Å². The van der Waals surface area contributed by atoms with Crippen molar-refractivity contribution in [1.29, 1.82) is 5.41 Å². The molecule has 0 atom stereocenters. The van der Waals surface area contributed by atoms with E-state index in [1.807, 2.05) is 13.8 Å². The van der Waals surface area contributed by atoms with Gasteiger partial charge in [0.1, 0.15) is 0 Å². The number of hydrogen-bond acceptors (Lipinski definition) is 2. The maximum Gasteiger partial charge on any atom is 0.0756 e. The van der Waals surface area contributed by atoms with Crippen molar-refractivity contribution in [2.75, 3.05) is 0 Å². The summed E-state index contributed by atoms with van der Waals surface area (Å²) in [6, 6.07) is 0. The molecule has 50 valence electrons. The Morgan fingerprint density at radius 2 is 2.11 bits per heavy atom. The Bertz CT molecular complexity index is 154. The van der Waals surface area contributed by atoms with Gasteiger partial charge in [-0.05, 0) is 42.5 Å². The van der Waals surface area contributed by atoms with Crippen molar-refractivity contribution in [2.24, 2.45) is 4.99 Å². The van der Waals surface area contributed by atoms with Crippen LogP contribution in [0.2, 0.25) is 0 Å². The van der Waals surface area contributed by atoms with Gasteiger partial charge in [0.05, 0.1) is 3.72 Å². The number of aliphatic imine (C=N–C) groups is 1. The molecule has 0 unspecified atom stereocenters. The fraction of sp³-hybridized carbons (Fsp3) is 0.333. The maximum absolute atomic E-state index is 6.70. The largest absolute Gasteiger partial charge is 0.309 e. The third-order valence-electron chi connectivity index (χ3n) is 0.655. The molecule has 0 aliphatic carbocycles. The van der Waals surface area contributed by atoms with E-state index in [1.54, 1.807) is 6.08 Å². The molecule has 3 heteroatoms. The number of rotatable bonds is 2. The summed E-state index contributed by atoms with van der Waals surface area (Å²) in [5.41, 5.74) is 0.872. The molecule has 0 aliphatic rings. The Kier molecular flexibility index (Phi) is 4.57. The van der Waals surface area contributed by atoms with E-state index in [-0.39, 0.29) is 0 Å². The Balaban J connectivity index is 4.05. The summed E-state index contributed by atoms with van der Waals surface area (Å²) in [5.74, 6) is 0. The van der Waals surface area contributed by atoms with Crippen LogP contribution in [0.15, 0.2) is 16.8 Å². The monoisotopic (exact) mass is 236 g/mol. The van der Waals surface area contributed by atoms with E-state index in [0.29, 0.717) is 0 Å². The fourth-order valence-corrected chi connectivity index (χ4v) is 0.781. The van der Waals surface area contributed by atoms with Crippen LogP contribution < -0.4 is 0 Å². The SMILES string of the molecule is CC(I)=N/C(C)=C\C=N. The lowest BCUT2D eigenvalue weighted by Crippen LogP contribution is -1.76. The van der Waals surface area contributed by atoms with Crippen molar-refractivity contribution in [2.45, 2.75) is 13.8 Å². The summed E-state index contributed by atoms with van der Waals surface area (Å²) >= 11 is 2.13. The van der Waals surface area contributed by atoms with Gasteiger partial charge in [0.15, 0.2) is 0 Å². The molecule has 0 aliphatic heterocycles. The average molecular weight is 236 g/mol. The molecule has 0 aromatic heterocycles. The van der Waals surface area contributed by atoms with E-state index in [2.05, 4.69) is 27.6 Å². The van der Waals surface area contributed by atoms with Crippen LogP contribution in [0.3, 0.4) is 0 Å². The van der Waals surface area contributed by atoms with Crippen molar-refractivity contribution in [3.8, 4) is 0 Å². The molecular formula is C6H9IN2. The molecule has 0 aromatic rings. The first-order valence-electron chi connectivity index (χ1n) is 2.55. The zero-order valence-electron chi connectivity index (χ0n) is 5.48. The molecule has 2 nitrogen and oxygen atoms in total. The van der Waals surface area contributed by atoms with E-state index in [1.165, 1.54) is 6.21 Å². The molecule has 0 saturated carbocycles.